The highest BCUT2D eigenvalue weighted by molar-refractivity contribution is 7.80. The van der Waals surface area contributed by atoms with Crippen LogP contribution >= 0.6 is 12.2 Å². The highest BCUT2D eigenvalue weighted by atomic mass is 32.1. The van der Waals surface area contributed by atoms with Gasteiger partial charge in [-0.15, -0.1) is 0 Å². The molecule has 24 heavy (non-hydrogen) atoms. The molecule has 4 aliphatic carbocycles. The Morgan fingerprint density at radius 1 is 1.21 bits per heavy atom. The normalized spacial score (nSPS) is 48.5. The first kappa shape index (κ1) is 16.6. The maximum atomic E-state index is 5.59. The van der Waals surface area contributed by atoms with Gasteiger partial charge in [0.25, 0.3) is 0 Å². The summed E-state index contributed by atoms with van der Waals surface area (Å²) in [7, 11) is 0. The van der Waals surface area contributed by atoms with E-state index in [0.717, 1.165) is 30.1 Å². The van der Waals surface area contributed by atoms with Gasteiger partial charge in [0.05, 0.1) is 0 Å². The van der Waals surface area contributed by atoms with Gasteiger partial charge < -0.3 is 5.73 Å². The fraction of sp³-hybridized carbons (Fsp3) is 0.800. The van der Waals surface area contributed by atoms with Gasteiger partial charge in [0.2, 0.25) is 0 Å². The van der Waals surface area contributed by atoms with Crippen molar-refractivity contribution in [3.63, 3.8) is 0 Å². The molecule has 132 valence electrons. The second kappa shape index (κ2) is 5.82. The zero-order valence-electron chi connectivity index (χ0n) is 15.1. The fourth-order valence-corrected chi connectivity index (χ4v) is 6.98. The largest absolute Gasteiger partial charge is 0.375 e. The van der Waals surface area contributed by atoms with E-state index in [1.165, 1.54) is 50.7 Å². The van der Waals surface area contributed by atoms with Crippen molar-refractivity contribution in [2.45, 2.75) is 65.2 Å². The zero-order valence-corrected chi connectivity index (χ0v) is 15.9. The van der Waals surface area contributed by atoms with E-state index >= 15 is 0 Å². The lowest BCUT2D eigenvalue weighted by Crippen LogP contribution is -2.52. The molecule has 6 unspecified atom stereocenters. The second-order valence-corrected chi connectivity index (χ2v) is 9.54. The minimum absolute atomic E-state index is 0.257. The maximum absolute atomic E-state index is 5.59. The van der Waals surface area contributed by atoms with E-state index in [2.05, 4.69) is 36.5 Å². The van der Waals surface area contributed by atoms with Crippen molar-refractivity contribution >= 4 is 23.0 Å². The summed E-state index contributed by atoms with van der Waals surface area (Å²) in [6, 6.07) is 0. The molecule has 4 aliphatic rings. The molecule has 0 amide bonds. The second-order valence-electron chi connectivity index (χ2n) is 9.10. The Morgan fingerprint density at radius 3 is 2.83 bits per heavy atom. The lowest BCUT2D eigenvalue weighted by Gasteiger charge is -2.59. The van der Waals surface area contributed by atoms with Crippen molar-refractivity contribution < 1.29 is 0 Å². The summed E-state index contributed by atoms with van der Waals surface area (Å²) < 4.78 is 0. The molecule has 0 bridgehead atoms. The molecule has 0 aliphatic heterocycles. The molecule has 6 atom stereocenters. The number of nitrogens with two attached hydrogens (primary N) is 1. The van der Waals surface area contributed by atoms with Gasteiger partial charge in [-0.1, -0.05) is 26.0 Å². The van der Waals surface area contributed by atoms with E-state index in [0.29, 0.717) is 5.41 Å². The van der Waals surface area contributed by atoms with Crippen LogP contribution in [0.5, 0.6) is 0 Å². The minimum atomic E-state index is 0.257. The number of hydrogen-bond acceptors (Lipinski definition) is 2. The van der Waals surface area contributed by atoms with Crippen LogP contribution in [0.2, 0.25) is 0 Å². The van der Waals surface area contributed by atoms with Crippen LogP contribution < -0.4 is 11.2 Å². The number of hydrazone groups is 1. The van der Waals surface area contributed by atoms with Crippen LogP contribution in [0.4, 0.5) is 0 Å². The summed E-state index contributed by atoms with van der Waals surface area (Å²) in [6.45, 7) is 5.05. The summed E-state index contributed by atoms with van der Waals surface area (Å²) in [5, 5.41) is 4.89. The standard InChI is InChI=1S/C20H31N3S/c1-19-11-4-3-5-13(19)6-7-14-15-8-9-17(22-23-18(21)24)20(15,2)12-10-16(14)19/h3-4,13-16H,5-12H2,1-2H3,(H3,21,23,24)/b22-17+. The minimum Gasteiger partial charge on any atom is -0.375 e. The molecule has 4 rings (SSSR count). The van der Waals surface area contributed by atoms with Crippen LogP contribution in [0.25, 0.3) is 0 Å². The Morgan fingerprint density at radius 2 is 2.04 bits per heavy atom. The lowest BCUT2D eigenvalue weighted by atomic mass is 9.46. The molecule has 0 aromatic carbocycles. The molecule has 0 aromatic heterocycles. The summed E-state index contributed by atoms with van der Waals surface area (Å²) in [6.07, 6.45) is 15.4. The highest BCUT2D eigenvalue weighted by Gasteiger charge is 2.58. The quantitative estimate of drug-likeness (QED) is 0.421. The van der Waals surface area contributed by atoms with E-state index < -0.39 is 0 Å². The van der Waals surface area contributed by atoms with Crippen molar-refractivity contribution in [2.75, 3.05) is 0 Å². The van der Waals surface area contributed by atoms with Crippen molar-refractivity contribution in [1.29, 1.82) is 0 Å². The number of allylic oxidation sites excluding steroid dienone is 2. The smallest absolute Gasteiger partial charge is 0.184 e. The maximum Gasteiger partial charge on any atom is 0.184 e. The lowest BCUT2D eigenvalue weighted by molar-refractivity contribution is -0.0761. The van der Waals surface area contributed by atoms with E-state index in [1.807, 2.05) is 0 Å². The molecule has 0 radical (unpaired) electrons. The van der Waals surface area contributed by atoms with Crippen molar-refractivity contribution in [3.05, 3.63) is 12.2 Å². The number of fused-ring (bicyclic) bond motifs is 5. The first-order valence-electron chi connectivity index (χ1n) is 9.72. The molecule has 0 saturated heterocycles. The van der Waals surface area contributed by atoms with Gasteiger partial charge >= 0.3 is 0 Å². The summed E-state index contributed by atoms with van der Waals surface area (Å²) >= 11 is 4.94. The van der Waals surface area contributed by atoms with Crippen molar-refractivity contribution in [3.8, 4) is 0 Å². The summed E-state index contributed by atoms with van der Waals surface area (Å²) in [5.74, 6) is 3.50. The predicted molar refractivity (Wildman–Crippen MR) is 104 cm³/mol. The molecule has 0 spiro atoms. The molecular weight excluding hydrogens is 314 g/mol. The summed E-state index contributed by atoms with van der Waals surface area (Å²) in [5.41, 5.74) is 10.6. The molecule has 0 heterocycles. The number of thiocarbonyl (C=S) groups is 1. The first-order chi connectivity index (χ1) is 11.4. The molecule has 3 saturated carbocycles. The van der Waals surface area contributed by atoms with Gasteiger partial charge in [0.1, 0.15) is 0 Å². The van der Waals surface area contributed by atoms with Crippen LogP contribution in [0, 0.1) is 34.5 Å². The molecule has 3 nitrogen and oxygen atoms in total. The number of nitrogens with zero attached hydrogens (tertiary/aromatic N) is 1. The van der Waals surface area contributed by atoms with Crippen LogP contribution in [-0.2, 0) is 0 Å². The van der Waals surface area contributed by atoms with E-state index in [-0.39, 0.29) is 10.5 Å². The van der Waals surface area contributed by atoms with Crippen molar-refractivity contribution in [2.24, 2.45) is 45.3 Å². The third-order valence-electron chi connectivity index (χ3n) is 8.25. The van der Waals surface area contributed by atoms with E-state index in [9.17, 15) is 0 Å². The fourth-order valence-electron chi connectivity index (χ4n) is 6.93. The predicted octanol–water partition coefficient (Wildman–Crippen LogP) is 4.38. The van der Waals surface area contributed by atoms with Crippen LogP contribution in [-0.4, -0.2) is 10.8 Å². The monoisotopic (exact) mass is 345 g/mol. The van der Waals surface area contributed by atoms with Gasteiger partial charge in [0.15, 0.2) is 5.11 Å². The molecule has 3 fully saturated rings. The van der Waals surface area contributed by atoms with Crippen molar-refractivity contribution in [1.82, 2.24) is 5.43 Å². The molecule has 3 N–H and O–H groups in total. The van der Waals surface area contributed by atoms with Crippen LogP contribution in [0.15, 0.2) is 17.3 Å². The Bertz CT molecular complexity index is 598. The number of hydrogen-bond donors (Lipinski definition) is 2. The number of nitrogens with one attached hydrogen (secondary N) is 1. The Balaban J connectivity index is 1.60. The van der Waals surface area contributed by atoms with E-state index in [4.69, 9.17) is 18.0 Å². The Labute approximate surface area is 151 Å². The van der Waals surface area contributed by atoms with Crippen LogP contribution in [0.1, 0.15) is 65.2 Å². The number of rotatable bonds is 1. The first-order valence-corrected chi connectivity index (χ1v) is 10.1. The zero-order chi connectivity index (χ0) is 16.9. The molecular formula is C20H31N3S. The molecule has 0 aromatic rings. The van der Waals surface area contributed by atoms with Crippen LogP contribution in [0.3, 0.4) is 0 Å². The van der Waals surface area contributed by atoms with Gasteiger partial charge in [-0.3, -0.25) is 5.43 Å². The van der Waals surface area contributed by atoms with E-state index in [1.54, 1.807) is 0 Å². The molecule has 4 heteroatoms. The third kappa shape index (κ3) is 2.36. The summed E-state index contributed by atoms with van der Waals surface area (Å²) in [4.78, 5) is 0. The van der Waals surface area contributed by atoms with Gasteiger partial charge in [-0.25, -0.2) is 0 Å². The Kier molecular flexibility index (Phi) is 4.02. The highest BCUT2D eigenvalue weighted by Crippen LogP contribution is 2.64. The van der Waals surface area contributed by atoms with Gasteiger partial charge in [0, 0.05) is 11.1 Å². The average molecular weight is 346 g/mol. The Hall–Kier alpha value is -0.900. The topological polar surface area (TPSA) is 50.4 Å². The van der Waals surface area contributed by atoms with Gasteiger partial charge in [-0.05, 0) is 92.7 Å². The SMILES string of the molecule is CC12CCC3C(CCC4CC=CCC43C)C1CC/C2=N\NC(N)=S. The third-order valence-corrected chi connectivity index (χ3v) is 8.34. The average Bonchev–Trinajstić information content (AvgIpc) is 2.89. The van der Waals surface area contributed by atoms with Gasteiger partial charge in [-0.2, -0.15) is 5.10 Å².